The van der Waals surface area contributed by atoms with Crippen molar-refractivity contribution in [2.75, 3.05) is 13.1 Å². The van der Waals surface area contributed by atoms with Crippen LogP contribution in [0.4, 0.5) is 0 Å². The Morgan fingerprint density at radius 3 is 3.16 bits per heavy atom. The number of carbonyl (C=O) groups is 1. The van der Waals surface area contributed by atoms with E-state index in [-0.39, 0.29) is 5.91 Å². The molecule has 3 rings (SSSR count). The molecule has 1 aliphatic heterocycles. The number of aromatic nitrogens is 1. The number of aryl methyl sites for hydroxylation is 1. The van der Waals surface area contributed by atoms with Crippen molar-refractivity contribution < 1.29 is 9.21 Å². The van der Waals surface area contributed by atoms with Gasteiger partial charge in [0.1, 0.15) is 6.26 Å². The zero-order valence-electron chi connectivity index (χ0n) is 10.8. The fraction of sp³-hybridized carbons (Fsp3) is 0.429. The summed E-state index contributed by atoms with van der Waals surface area (Å²) in [6, 6.07) is 1.72. The molecule has 5 heteroatoms. The van der Waals surface area contributed by atoms with Crippen molar-refractivity contribution in [3.8, 4) is 0 Å². The molecule has 1 fully saturated rings. The van der Waals surface area contributed by atoms with Crippen molar-refractivity contribution in [2.45, 2.75) is 25.7 Å². The van der Waals surface area contributed by atoms with Gasteiger partial charge in [-0.05, 0) is 25.8 Å². The molecule has 1 amide bonds. The highest BCUT2D eigenvalue weighted by atomic mass is 32.1. The summed E-state index contributed by atoms with van der Waals surface area (Å²) in [6.45, 7) is 3.60. The summed E-state index contributed by atoms with van der Waals surface area (Å²) in [7, 11) is 0. The standard InChI is InChI=1S/C14H16N2O2S/c1-10-9-19-13(15-10)11-3-2-5-16(7-11)14(17)12-4-6-18-8-12/h4,6,8-9,11H,2-3,5,7H2,1H3. The van der Waals surface area contributed by atoms with Crippen molar-refractivity contribution >= 4 is 17.2 Å². The smallest absolute Gasteiger partial charge is 0.257 e. The Kier molecular flexibility index (Phi) is 3.38. The second kappa shape index (κ2) is 5.17. The van der Waals surface area contributed by atoms with Crippen molar-refractivity contribution in [3.63, 3.8) is 0 Å². The van der Waals surface area contributed by atoms with Gasteiger partial charge in [-0.3, -0.25) is 4.79 Å². The lowest BCUT2D eigenvalue weighted by Gasteiger charge is -2.31. The number of rotatable bonds is 2. The Hall–Kier alpha value is -1.62. The highest BCUT2D eigenvalue weighted by Gasteiger charge is 2.27. The van der Waals surface area contributed by atoms with Gasteiger partial charge in [0.25, 0.3) is 5.91 Å². The first-order valence-electron chi connectivity index (χ1n) is 6.47. The Bertz CT molecular complexity index is 562. The Balaban J connectivity index is 1.73. The topological polar surface area (TPSA) is 46.3 Å². The monoisotopic (exact) mass is 276 g/mol. The maximum absolute atomic E-state index is 12.3. The number of furan rings is 1. The van der Waals surface area contributed by atoms with E-state index < -0.39 is 0 Å². The van der Waals surface area contributed by atoms with Crippen LogP contribution in [0, 0.1) is 6.92 Å². The van der Waals surface area contributed by atoms with E-state index in [1.165, 1.54) is 6.26 Å². The van der Waals surface area contributed by atoms with Crippen LogP contribution >= 0.6 is 11.3 Å². The molecule has 2 aromatic rings. The van der Waals surface area contributed by atoms with E-state index in [9.17, 15) is 4.79 Å². The lowest BCUT2D eigenvalue weighted by Crippen LogP contribution is -2.38. The molecule has 0 radical (unpaired) electrons. The normalized spacial score (nSPS) is 19.6. The first-order chi connectivity index (χ1) is 9.24. The lowest BCUT2D eigenvalue weighted by atomic mass is 9.98. The molecule has 0 N–H and O–H groups in total. The Morgan fingerprint density at radius 1 is 1.58 bits per heavy atom. The van der Waals surface area contributed by atoms with Gasteiger partial charge in [-0.25, -0.2) is 4.98 Å². The Morgan fingerprint density at radius 2 is 2.47 bits per heavy atom. The fourth-order valence-electron chi connectivity index (χ4n) is 2.49. The van der Waals surface area contributed by atoms with E-state index in [4.69, 9.17) is 4.42 Å². The van der Waals surface area contributed by atoms with Crippen LogP contribution in [0.1, 0.15) is 39.8 Å². The summed E-state index contributed by atoms with van der Waals surface area (Å²) < 4.78 is 4.98. The summed E-state index contributed by atoms with van der Waals surface area (Å²) >= 11 is 1.70. The number of carbonyl (C=O) groups excluding carboxylic acids is 1. The summed E-state index contributed by atoms with van der Waals surface area (Å²) in [4.78, 5) is 18.8. The predicted octanol–water partition coefficient (Wildman–Crippen LogP) is 3.06. The first-order valence-corrected chi connectivity index (χ1v) is 7.35. The third-order valence-corrected chi connectivity index (χ3v) is 4.59. The van der Waals surface area contributed by atoms with Crippen LogP contribution in [0.2, 0.25) is 0 Å². The molecule has 0 aliphatic carbocycles. The number of nitrogens with zero attached hydrogens (tertiary/aromatic N) is 2. The molecule has 0 spiro atoms. The van der Waals surface area contributed by atoms with Crippen LogP contribution in [-0.4, -0.2) is 28.9 Å². The van der Waals surface area contributed by atoms with Gasteiger partial charge in [-0.15, -0.1) is 11.3 Å². The maximum atomic E-state index is 12.3. The average molecular weight is 276 g/mol. The van der Waals surface area contributed by atoms with Crippen molar-refractivity contribution in [1.29, 1.82) is 0 Å². The summed E-state index contributed by atoms with van der Waals surface area (Å²) in [6.07, 6.45) is 5.20. The largest absolute Gasteiger partial charge is 0.472 e. The fourth-order valence-corrected chi connectivity index (χ4v) is 3.42. The van der Waals surface area contributed by atoms with Gasteiger partial charge < -0.3 is 9.32 Å². The number of amides is 1. The zero-order valence-corrected chi connectivity index (χ0v) is 11.7. The van der Waals surface area contributed by atoms with Gasteiger partial charge in [0.05, 0.1) is 16.8 Å². The second-order valence-corrected chi connectivity index (χ2v) is 5.82. The minimum absolute atomic E-state index is 0.0618. The SMILES string of the molecule is Cc1csc(C2CCCN(C(=O)c3ccoc3)C2)n1. The number of piperidine rings is 1. The van der Waals surface area contributed by atoms with Crippen LogP contribution in [0.5, 0.6) is 0 Å². The molecule has 4 nitrogen and oxygen atoms in total. The number of likely N-dealkylation sites (tertiary alicyclic amines) is 1. The number of thiazole rings is 1. The zero-order chi connectivity index (χ0) is 13.2. The van der Waals surface area contributed by atoms with Crippen LogP contribution in [0.15, 0.2) is 28.4 Å². The molecule has 0 saturated carbocycles. The molecule has 1 atom stereocenters. The molecule has 0 aromatic carbocycles. The lowest BCUT2D eigenvalue weighted by molar-refractivity contribution is 0.0706. The van der Waals surface area contributed by atoms with Crippen LogP contribution in [-0.2, 0) is 0 Å². The minimum Gasteiger partial charge on any atom is -0.472 e. The third kappa shape index (κ3) is 2.56. The predicted molar refractivity (Wildman–Crippen MR) is 73.4 cm³/mol. The van der Waals surface area contributed by atoms with Crippen molar-refractivity contribution in [1.82, 2.24) is 9.88 Å². The van der Waals surface area contributed by atoms with E-state index in [2.05, 4.69) is 10.4 Å². The molecule has 1 saturated heterocycles. The van der Waals surface area contributed by atoms with Crippen molar-refractivity contribution in [2.24, 2.45) is 0 Å². The average Bonchev–Trinajstić information content (AvgIpc) is 3.09. The molecule has 0 bridgehead atoms. The van der Waals surface area contributed by atoms with E-state index in [0.717, 1.165) is 36.6 Å². The van der Waals surface area contributed by atoms with Gasteiger partial charge in [0.2, 0.25) is 0 Å². The summed E-state index contributed by atoms with van der Waals surface area (Å²) in [5.74, 6) is 0.440. The molecule has 19 heavy (non-hydrogen) atoms. The minimum atomic E-state index is 0.0618. The van der Waals surface area contributed by atoms with Gasteiger partial charge in [-0.2, -0.15) is 0 Å². The van der Waals surface area contributed by atoms with Crippen LogP contribution in [0.3, 0.4) is 0 Å². The van der Waals surface area contributed by atoms with E-state index in [1.54, 1.807) is 23.7 Å². The molecular formula is C14H16N2O2S. The molecule has 1 aliphatic rings. The highest BCUT2D eigenvalue weighted by molar-refractivity contribution is 7.09. The third-order valence-electron chi connectivity index (χ3n) is 3.46. The summed E-state index contributed by atoms with van der Waals surface area (Å²) in [5.41, 5.74) is 1.70. The van der Waals surface area contributed by atoms with Gasteiger partial charge in [0.15, 0.2) is 0 Å². The molecule has 100 valence electrons. The van der Waals surface area contributed by atoms with Crippen molar-refractivity contribution in [3.05, 3.63) is 40.2 Å². The highest BCUT2D eigenvalue weighted by Crippen LogP contribution is 2.29. The first kappa shape index (κ1) is 12.4. The van der Waals surface area contributed by atoms with Gasteiger partial charge >= 0.3 is 0 Å². The quantitative estimate of drug-likeness (QED) is 0.847. The molecular weight excluding hydrogens is 260 g/mol. The van der Waals surface area contributed by atoms with Gasteiger partial charge in [0, 0.05) is 30.1 Å². The van der Waals surface area contributed by atoms with Gasteiger partial charge in [-0.1, -0.05) is 0 Å². The molecule has 1 unspecified atom stereocenters. The van der Waals surface area contributed by atoms with E-state index in [0.29, 0.717) is 11.5 Å². The molecule has 2 aromatic heterocycles. The molecule has 3 heterocycles. The second-order valence-electron chi connectivity index (χ2n) is 4.93. The number of hydrogen-bond acceptors (Lipinski definition) is 4. The number of hydrogen-bond donors (Lipinski definition) is 0. The van der Waals surface area contributed by atoms with E-state index in [1.807, 2.05) is 11.8 Å². The summed E-state index contributed by atoms with van der Waals surface area (Å²) in [5, 5.41) is 3.23. The van der Waals surface area contributed by atoms with Crippen LogP contribution in [0.25, 0.3) is 0 Å². The maximum Gasteiger partial charge on any atom is 0.257 e. The van der Waals surface area contributed by atoms with Crippen LogP contribution < -0.4 is 0 Å². The van der Waals surface area contributed by atoms with E-state index >= 15 is 0 Å². The Labute approximate surface area is 116 Å².